The summed E-state index contributed by atoms with van der Waals surface area (Å²) < 4.78 is 88.2. The van der Waals surface area contributed by atoms with Gasteiger partial charge >= 0.3 is 18.3 Å². The number of hydrogen-bond donors (Lipinski definition) is 1. The molecule has 0 aromatic heterocycles. The van der Waals surface area contributed by atoms with Crippen LogP contribution in [0.5, 0.6) is 5.75 Å². The fourth-order valence-electron chi connectivity index (χ4n) is 7.08. The molecule has 0 spiro atoms. The zero-order valence-corrected chi connectivity index (χ0v) is 21.7. The average molecular weight is 558 g/mol. The quantitative estimate of drug-likeness (QED) is 0.377. The first kappa shape index (κ1) is 28.1. The van der Waals surface area contributed by atoms with Crippen LogP contribution in [0.3, 0.4) is 0 Å². The number of carbonyl (C=O) groups is 1. The van der Waals surface area contributed by atoms with E-state index in [-0.39, 0.29) is 54.9 Å². The van der Waals surface area contributed by atoms with Crippen molar-refractivity contribution >= 4 is 16.7 Å². The van der Waals surface area contributed by atoms with Gasteiger partial charge in [0.1, 0.15) is 11.3 Å². The summed E-state index contributed by atoms with van der Waals surface area (Å²) in [5.41, 5.74) is -0.196. The summed E-state index contributed by atoms with van der Waals surface area (Å²) in [6.07, 6.45) is -6.17. The predicted octanol–water partition coefficient (Wildman–Crippen LogP) is 8.14. The number of fused-ring (bicyclic) bond motifs is 3. The van der Waals surface area contributed by atoms with E-state index < -0.39 is 41.8 Å². The van der Waals surface area contributed by atoms with Crippen LogP contribution in [0.1, 0.15) is 81.9 Å². The molecule has 4 nitrogen and oxygen atoms in total. The van der Waals surface area contributed by atoms with E-state index in [4.69, 9.17) is 4.74 Å². The lowest BCUT2D eigenvalue weighted by atomic mass is 9.77. The fraction of sp³-hybridized carbons (Fsp3) is 0.621. The normalized spacial score (nSPS) is 29.3. The number of carboxylic acid groups (broad SMARTS) is 1. The zero-order chi connectivity index (χ0) is 28.1. The molecule has 1 saturated carbocycles. The van der Waals surface area contributed by atoms with Crippen LogP contribution >= 0.6 is 0 Å². The van der Waals surface area contributed by atoms with Gasteiger partial charge in [0.05, 0.1) is 17.9 Å². The van der Waals surface area contributed by atoms with Crippen molar-refractivity contribution in [2.24, 2.45) is 11.8 Å². The molecule has 2 aliphatic heterocycles. The minimum absolute atomic E-state index is 0.00101. The summed E-state index contributed by atoms with van der Waals surface area (Å²) in [5.74, 6) is -2.99. The van der Waals surface area contributed by atoms with Gasteiger partial charge in [-0.3, -0.25) is 9.69 Å². The summed E-state index contributed by atoms with van der Waals surface area (Å²) in [5, 5.41) is 9.96. The van der Waals surface area contributed by atoms with Gasteiger partial charge in [-0.15, -0.1) is 0 Å². The predicted molar refractivity (Wildman–Crippen MR) is 133 cm³/mol. The minimum Gasteiger partial charge on any atom is -0.490 e. The second-order valence-corrected chi connectivity index (χ2v) is 11.4. The fourth-order valence-corrected chi connectivity index (χ4v) is 7.08. The third-order valence-corrected chi connectivity index (χ3v) is 9.03. The molecule has 214 valence electrons. The number of aliphatic carboxylic acids is 1. The number of hydrogen-bond acceptors (Lipinski definition) is 3. The van der Waals surface area contributed by atoms with E-state index in [1.165, 1.54) is 6.07 Å². The Balaban J connectivity index is 1.44. The largest absolute Gasteiger partial charge is 0.490 e. The monoisotopic (exact) mass is 557 g/mol. The van der Waals surface area contributed by atoms with Crippen LogP contribution in [0.4, 0.5) is 26.3 Å². The molecule has 2 unspecified atom stereocenters. The Morgan fingerprint density at radius 2 is 1.56 bits per heavy atom. The van der Waals surface area contributed by atoms with Gasteiger partial charge in [-0.2, -0.15) is 26.3 Å². The third-order valence-electron chi connectivity index (χ3n) is 9.03. The van der Waals surface area contributed by atoms with Crippen molar-refractivity contribution in [2.75, 3.05) is 0 Å². The van der Waals surface area contributed by atoms with Crippen molar-refractivity contribution in [3.63, 3.8) is 0 Å². The lowest BCUT2D eigenvalue weighted by Crippen LogP contribution is -2.53. The van der Waals surface area contributed by atoms with E-state index in [0.29, 0.717) is 23.8 Å². The van der Waals surface area contributed by atoms with Crippen molar-refractivity contribution < 1.29 is 41.0 Å². The van der Waals surface area contributed by atoms with Crippen molar-refractivity contribution in [3.8, 4) is 5.75 Å². The van der Waals surface area contributed by atoms with Gasteiger partial charge in [-0.1, -0.05) is 24.6 Å². The molecule has 3 atom stereocenters. The standard InChI is InChI=1S/C29H33F6NO3/c1-16(36-21-3-2-4-22(36)14-19(13-21)27(37)38)18-6-5-17-7-12-25(26(24(17)15-18)29(33,34)35)39-23-10-8-20(9-11-23)28(30,31)32/h5-7,12,15-16,19-23H,2-4,8-11,13-14H2,1H3,(H,37,38)/t16-,19?,20-,21?,22?,23+/m1/s1. The Hall–Kier alpha value is -2.49. The molecule has 2 heterocycles. The first-order chi connectivity index (χ1) is 18.3. The van der Waals surface area contributed by atoms with Crippen LogP contribution in [-0.2, 0) is 11.0 Å². The number of piperidine rings is 2. The SMILES string of the molecule is C[C@H](c1ccc2ccc(O[C@H]3CC[C@@H](C(F)(F)F)CC3)c(C(F)(F)F)c2c1)N1C2CCCC1CC(C(=O)O)C2. The molecule has 2 saturated heterocycles. The first-order valence-corrected chi connectivity index (χ1v) is 13.7. The van der Waals surface area contributed by atoms with Crippen LogP contribution in [0, 0.1) is 11.8 Å². The Kier molecular flexibility index (Phi) is 7.54. The molecule has 39 heavy (non-hydrogen) atoms. The molecular weight excluding hydrogens is 524 g/mol. The van der Waals surface area contributed by atoms with E-state index in [9.17, 15) is 36.2 Å². The minimum atomic E-state index is -4.73. The van der Waals surface area contributed by atoms with Crippen molar-refractivity contribution in [1.82, 2.24) is 4.90 Å². The number of benzene rings is 2. The molecular formula is C29H33F6NO3. The number of rotatable bonds is 5. The average Bonchev–Trinajstić information content (AvgIpc) is 2.86. The van der Waals surface area contributed by atoms with Crippen molar-refractivity contribution in [3.05, 3.63) is 41.5 Å². The Labute approximate surface area is 223 Å². The summed E-state index contributed by atoms with van der Waals surface area (Å²) in [6, 6.07) is 7.78. The van der Waals surface area contributed by atoms with E-state index in [0.717, 1.165) is 19.3 Å². The van der Waals surface area contributed by atoms with Crippen LogP contribution in [0.15, 0.2) is 30.3 Å². The maximum absolute atomic E-state index is 14.5. The zero-order valence-electron chi connectivity index (χ0n) is 21.7. The lowest BCUT2D eigenvalue weighted by molar-refractivity contribution is -0.185. The van der Waals surface area contributed by atoms with Crippen molar-refractivity contribution in [1.29, 1.82) is 0 Å². The summed E-state index contributed by atoms with van der Waals surface area (Å²) in [4.78, 5) is 13.9. The van der Waals surface area contributed by atoms with E-state index in [2.05, 4.69) is 4.90 Å². The molecule has 0 radical (unpaired) electrons. The van der Waals surface area contributed by atoms with E-state index in [1.54, 1.807) is 18.2 Å². The van der Waals surface area contributed by atoms with Gasteiger partial charge in [0.2, 0.25) is 0 Å². The van der Waals surface area contributed by atoms with Gasteiger partial charge in [0.15, 0.2) is 0 Å². The number of alkyl halides is 6. The van der Waals surface area contributed by atoms with E-state index in [1.807, 2.05) is 13.0 Å². The lowest BCUT2D eigenvalue weighted by Gasteiger charge is -2.51. The van der Waals surface area contributed by atoms with Crippen LogP contribution in [-0.4, -0.2) is 40.3 Å². The number of carboxylic acids is 1. The van der Waals surface area contributed by atoms with Gasteiger partial charge in [0.25, 0.3) is 0 Å². The van der Waals surface area contributed by atoms with Gasteiger partial charge in [-0.25, -0.2) is 0 Å². The Morgan fingerprint density at radius 1 is 0.949 bits per heavy atom. The molecule has 5 rings (SSSR count). The summed E-state index contributed by atoms with van der Waals surface area (Å²) in [7, 11) is 0. The molecule has 1 N–H and O–H groups in total. The molecule has 0 amide bonds. The Bertz CT molecular complexity index is 1190. The highest BCUT2D eigenvalue weighted by molar-refractivity contribution is 5.89. The molecule has 3 aliphatic rings. The highest BCUT2D eigenvalue weighted by atomic mass is 19.4. The smallest absolute Gasteiger partial charge is 0.420 e. The topological polar surface area (TPSA) is 49.8 Å². The molecule has 2 bridgehead atoms. The Morgan fingerprint density at radius 3 is 2.13 bits per heavy atom. The van der Waals surface area contributed by atoms with Gasteiger partial charge in [-0.05, 0) is 86.8 Å². The number of halogens is 6. The summed E-state index contributed by atoms with van der Waals surface area (Å²) in [6.45, 7) is 1.96. The van der Waals surface area contributed by atoms with Crippen LogP contribution < -0.4 is 4.74 Å². The van der Waals surface area contributed by atoms with Crippen LogP contribution in [0.25, 0.3) is 10.8 Å². The maximum Gasteiger partial charge on any atom is 0.420 e. The maximum atomic E-state index is 14.5. The van der Waals surface area contributed by atoms with Crippen molar-refractivity contribution in [2.45, 2.75) is 101 Å². The summed E-state index contributed by atoms with van der Waals surface area (Å²) >= 11 is 0. The highest BCUT2D eigenvalue weighted by Crippen LogP contribution is 2.46. The first-order valence-electron chi connectivity index (χ1n) is 13.7. The third kappa shape index (κ3) is 5.72. The molecule has 2 aromatic rings. The van der Waals surface area contributed by atoms with Crippen LogP contribution in [0.2, 0.25) is 0 Å². The number of nitrogens with zero attached hydrogens (tertiary/aromatic N) is 1. The molecule has 1 aliphatic carbocycles. The molecule has 3 fully saturated rings. The highest BCUT2D eigenvalue weighted by Gasteiger charge is 2.44. The second-order valence-electron chi connectivity index (χ2n) is 11.4. The molecule has 10 heteroatoms. The number of ether oxygens (including phenoxy) is 1. The van der Waals surface area contributed by atoms with E-state index >= 15 is 0 Å². The second kappa shape index (κ2) is 10.5. The molecule has 2 aromatic carbocycles. The van der Waals surface area contributed by atoms with Gasteiger partial charge in [0, 0.05) is 18.1 Å². The van der Waals surface area contributed by atoms with Gasteiger partial charge < -0.3 is 9.84 Å².